The molecule has 2 saturated carbocycles. The number of hydrogen-bond acceptors (Lipinski definition) is 4. The molecule has 0 aromatic rings. The Morgan fingerprint density at radius 3 is 2.80 bits per heavy atom. The van der Waals surface area contributed by atoms with Crippen molar-refractivity contribution in [3.8, 4) is 0 Å². The van der Waals surface area contributed by atoms with Gasteiger partial charge in [0.05, 0.1) is 0 Å². The number of fused-ring (bicyclic) bond motifs is 5. The molecule has 162 valence electrons. The molecule has 0 radical (unpaired) electrons. The van der Waals surface area contributed by atoms with Crippen molar-refractivity contribution in [2.24, 2.45) is 34.3 Å². The number of ether oxygens (including phenoxy) is 1. The van der Waals surface area contributed by atoms with Crippen molar-refractivity contribution in [2.75, 3.05) is 13.2 Å². The Morgan fingerprint density at radius 1 is 1.23 bits per heavy atom. The summed E-state index contributed by atoms with van der Waals surface area (Å²) in [5.41, 5.74) is 7.70. The van der Waals surface area contributed by atoms with E-state index in [2.05, 4.69) is 26.0 Å². The molecule has 5 heteroatoms. The minimum Gasteiger partial charge on any atom is -0.374 e. The van der Waals surface area contributed by atoms with E-state index in [1.807, 2.05) is 6.08 Å². The van der Waals surface area contributed by atoms with E-state index in [-0.39, 0.29) is 40.8 Å². The van der Waals surface area contributed by atoms with E-state index in [0.29, 0.717) is 31.3 Å². The summed E-state index contributed by atoms with van der Waals surface area (Å²) in [6.45, 7) is 5.07. The van der Waals surface area contributed by atoms with Gasteiger partial charge in [0.1, 0.15) is 6.61 Å². The molecule has 0 bridgehead atoms. The van der Waals surface area contributed by atoms with Crippen molar-refractivity contribution < 1.29 is 19.1 Å². The average molecular weight is 412 g/mol. The molecule has 5 nitrogen and oxygen atoms in total. The van der Waals surface area contributed by atoms with E-state index in [1.165, 1.54) is 11.1 Å². The molecule has 2 unspecified atom stereocenters. The number of primary amides is 1. The van der Waals surface area contributed by atoms with Crippen molar-refractivity contribution in [3.63, 3.8) is 0 Å². The maximum absolute atomic E-state index is 13.0. The third kappa shape index (κ3) is 3.51. The Balaban J connectivity index is 1.47. The lowest BCUT2D eigenvalue weighted by molar-refractivity contribution is -0.131. The second-order valence-corrected chi connectivity index (χ2v) is 9.95. The van der Waals surface area contributed by atoms with Crippen LogP contribution in [0.15, 0.2) is 35.5 Å². The van der Waals surface area contributed by atoms with E-state index in [9.17, 15) is 14.4 Å². The number of Topliss-reactive ketones (excluding diaryl/α,β-unsaturated/α-hetero) is 1. The number of carbonyl (C=O) groups excluding carboxylic acids is 3. The first-order valence-corrected chi connectivity index (χ1v) is 11.3. The van der Waals surface area contributed by atoms with E-state index in [1.54, 1.807) is 6.08 Å². The standard InChI is InChI=1S/C25H33NO4/c1-24-11-9-17(27)14-16(24)5-6-18-19-7-8-21(25(19,2)12-10-20(18)24)22(28)15-30-13-3-4-23(26)29/h9-11,14,18-19,21H,3-8,12-13,15H2,1-2H3,(H2,26,29)/t18?,19?,21-,24+,25+/m1/s1. The highest BCUT2D eigenvalue weighted by atomic mass is 16.5. The van der Waals surface area contributed by atoms with Gasteiger partial charge in [-0.05, 0) is 74.9 Å². The number of amides is 1. The van der Waals surface area contributed by atoms with Crippen molar-refractivity contribution in [1.29, 1.82) is 0 Å². The second kappa shape index (κ2) is 7.92. The minimum absolute atomic E-state index is 0.0202. The van der Waals surface area contributed by atoms with Crippen LogP contribution in [0.4, 0.5) is 0 Å². The maximum atomic E-state index is 13.0. The van der Waals surface area contributed by atoms with Gasteiger partial charge in [0.2, 0.25) is 5.91 Å². The van der Waals surface area contributed by atoms with Crippen LogP contribution in [-0.4, -0.2) is 30.7 Å². The van der Waals surface area contributed by atoms with E-state index in [0.717, 1.165) is 32.1 Å². The normalized spacial score (nSPS) is 37.0. The Kier molecular flexibility index (Phi) is 5.60. The van der Waals surface area contributed by atoms with Crippen molar-refractivity contribution >= 4 is 17.5 Å². The smallest absolute Gasteiger partial charge is 0.217 e. The zero-order valence-electron chi connectivity index (χ0n) is 18.1. The van der Waals surface area contributed by atoms with E-state index < -0.39 is 0 Å². The molecular weight excluding hydrogens is 378 g/mol. The average Bonchev–Trinajstić information content (AvgIpc) is 3.05. The molecule has 1 amide bonds. The predicted octanol–water partition coefficient (Wildman–Crippen LogP) is 3.68. The number of allylic oxidation sites excluding steroid dienone is 6. The van der Waals surface area contributed by atoms with Gasteiger partial charge in [0.15, 0.2) is 11.6 Å². The largest absolute Gasteiger partial charge is 0.374 e. The van der Waals surface area contributed by atoms with Crippen molar-refractivity contribution in [2.45, 2.75) is 58.8 Å². The fourth-order valence-electron chi connectivity index (χ4n) is 6.67. The first kappa shape index (κ1) is 21.2. The lowest BCUT2D eigenvalue weighted by atomic mass is 9.52. The molecule has 4 aliphatic carbocycles. The maximum Gasteiger partial charge on any atom is 0.217 e. The van der Waals surface area contributed by atoms with Crippen LogP contribution in [0.2, 0.25) is 0 Å². The summed E-state index contributed by atoms with van der Waals surface area (Å²) in [6.07, 6.45) is 13.8. The number of rotatable bonds is 7. The second-order valence-electron chi connectivity index (χ2n) is 9.95. The zero-order chi connectivity index (χ0) is 21.5. The van der Waals surface area contributed by atoms with E-state index in [4.69, 9.17) is 10.5 Å². The molecule has 4 aliphatic rings. The highest BCUT2D eigenvalue weighted by Gasteiger charge is 2.56. The summed E-state index contributed by atoms with van der Waals surface area (Å²) in [7, 11) is 0. The van der Waals surface area contributed by atoms with Crippen LogP contribution in [-0.2, 0) is 19.1 Å². The topological polar surface area (TPSA) is 86.5 Å². The fourth-order valence-corrected chi connectivity index (χ4v) is 6.67. The molecular formula is C25H33NO4. The van der Waals surface area contributed by atoms with Crippen molar-refractivity contribution in [3.05, 3.63) is 35.5 Å². The minimum atomic E-state index is -0.336. The summed E-state index contributed by atoms with van der Waals surface area (Å²) in [4.78, 5) is 35.7. The third-order valence-electron chi connectivity index (χ3n) is 8.29. The summed E-state index contributed by atoms with van der Waals surface area (Å²) in [5, 5.41) is 0. The fraction of sp³-hybridized carbons (Fsp3) is 0.640. The van der Waals surface area contributed by atoms with Crippen LogP contribution < -0.4 is 5.73 Å². The van der Waals surface area contributed by atoms with Gasteiger partial charge in [-0.15, -0.1) is 0 Å². The molecule has 4 rings (SSSR count). The number of carbonyl (C=O) groups is 3. The molecule has 0 aliphatic heterocycles. The molecule has 0 heterocycles. The van der Waals surface area contributed by atoms with Gasteiger partial charge in [-0.2, -0.15) is 0 Å². The Morgan fingerprint density at radius 2 is 2.03 bits per heavy atom. The lowest BCUT2D eigenvalue weighted by Crippen LogP contribution is -2.45. The van der Waals surface area contributed by atoms with Crippen LogP contribution in [0.1, 0.15) is 58.8 Å². The van der Waals surface area contributed by atoms with Gasteiger partial charge in [0.25, 0.3) is 0 Å². The van der Waals surface area contributed by atoms with Crippen LogP contribution in [0.25, 0.3) is 0 Å². The summed E-state index contributed by atoms with van der Waals surface area (Å²) < 4.78 is 5.57. The van der Waals surface area contributed by atoms with Gasteiger partial charge in [-0.3, -0.25) is 14.4 Å². The summed E-state index contributed by atoms with van der Waals surface area (Å²) in [5.74, 6) is 0.983. The highest BCUT2D eigenvalue weighted by Crippen LogP contribution is 2.63. The first-order chi connectivity index (χ1) is 14.3. The highest BCUT2D eigenvalue weighted by molar-refractivity contribution is 6.01. The van der Waals surface area contributed by atoms with Crippen LogP contribution >= 0.6 is 0 Å². The third-order valence-corrected chi connectivity index (χ3v) is 8.29. The predicted molar refractivity (Wildman–Crippen MR) is 114 cm³/mol. The monoisotopic (exact) mass is 411 g/mol. The van der Waals surface area contributed by atoms with Crippen LogP contribution in [0, 0.1) is 28.6 Å². The molecule has 2 N–H and O–H groups in total. The van der Waals surface area contributed by atoms with Gasteiger partial charge in [-0.25, -0.2) is 0 Å². The molecule has 2 fully saturated rings. The molecule has 0 spiro atoms. The van der Waals surface area contributed by atoms with Gasteiger partial charge < -0.3 is 10.5 Å². The Bertz CT molecular complexity index is 853. The Labute approximate surface area is 178 Å². The quantitative estimate of drug-likeness (QED) is 0.511. The molecule has 0 saturated heterocycles. The summed E-state index contributed by atoms with van der Waals surface area (Å²) in [6, 6.07) is 0. The number of nitrogens with two attached hydrogens (primary N) is 1. The van der Waals surface area contributed by atoms with Crippen molar-refractivity contribution in [1.82, 2.24) is 0 Å². The molecule has 5 atom stereocenters. The van der Waals surface area contributed by atoms with E-state index >= 15 is 0 Å². The first-order valence-electron chi connectivity index (χ1n) is 11.3. The van der Waals surface area contributed by atoms with Crippen LogP contribution in [0.5, 0.6) is 0 Å². The van der Waals surface area contributed by atoms with Gasteiger partial charge in [0, 0.05) is 24.4 Å². The molecule has 0 aromatic heterocycles. The van der Waals surface area contributed by atoms with Gasteiger partial charge in [-0.1, -0.05) is 30.2 Å². The number of hydrogen-bond donors (Lipinski definition) is 1. The summed E-state index contributed by atoms with van der Waals surface area (Å²) >= 11 is 0. The van der Waals surface area contributed by atoms with Crippen LogP contribution in [0.3, 0.4) is 0 Å². The zero-order valence-corrected chi connectivity index (χ0v) is 18.1. The molecule has 30 heavy (non-hydrogen) atoms. The van der Waals surface area contributed by atoms with Gasteiger partial charge >= 0.3 is 0 Å². The number of ketones is 2. The SMILES string of the molecule is C[C@]12C=CC(=O)C=C1CCC1C2=CC[C@@]2(C)C1CC[C@@H]2C(=O)COCCCC(N)=O. The Hall–Kier alpha value is -2.01. The lowest BCUT2D eigenvalue weighted by Gasteiger charge is -2.52. The molecule has 0 aromatic carbocycles.